The summed E-state index contributed by atoms with van der Waals surface area (Å²) in [4.78, 5) is 18.1. The molecule has 186 valence electrons. The first-order chi connectivity index (χ1) is 18.1. The van der Waals surface area contributed by atoms with E-state index in [1.165, 1.54) is 23.1 Å². The van der Waals surface area contributed by atoms with Crippen LogP contribution in [0.15, 0.2) is 90.2 Å². The maximum Gasteiger partial charge on any atom is 0.236 e. The van der Waals surface area contributed by atoms with Gasteiger partial charge in [0.25, 0.3) is 0 Å². The topological polar surface area (TPSA) is 81.9 Å². The van der Waals surface area contributed by atoms with Gasteiger partial charge in [-0.2, -0.15) is 0 Å². The van der Waals surface area contributed by atoms with Crippen LogP contribution in [-0.2, 0) is 11.2 Å². The number of thiazole rings is 1. The molecule has 3 aromatic carbocycles. The number of ether oxygens (including phenoxy) is 1. The number of nitrogens with one attached hydrogen (secondary N) is 1. The van der Waals surface area contributed by atoms with Gasteiger partial charge in [-0.3, -0.25) is 9.36 Å². The van der Waals surface area contributed by atoms with E-state index < -0.39 is 0 Å². The highest BCUT2D eigenvalue weighted by molar-refractivity contribution is 7.99. The minimum absolute atomic E-state index is 0.163. The molecule has 37 heavy (non-hydrogen) atoms. The fourth-order valence-electron chi connectivity index (χ4n) is 3.68. The van der Waals surface area contributed by atoms with Crippen molar-refractivity contribution in [1.29, 1.82) is 0 Å². The minimum atomic E-state index is -0.165. The Hall–Kier alpha value is -3.66. The van der Waals surface area contributed by atoms with E-state index in [-0.39, 0.29) is 11.7 Å². The highest BCUT2D eigenvalue weighted by atomic mass is 35.5. The van der Waals surface area contributed by atoms with Crippen molar-refractivity contribution in [3.63, 3.8) is 0 Å². The average Bonchev–Trinajstić information content (AvgIpc) is 3.55. The molecule has 0 radical (unpaired) electrons. The summed E-state index contributed by atoms with van der Waals surface area (Å²) in [7, 11) is 1.63. The summed E-state index contributed by atoms with van der Waals surface area (Å²) >= 11 is 8.85. The van der Waals surface area contributed by atoms with Crippen LogP contribution in [-0.4, -0.2) is 38.5 Å². The number of anilines is 1. The Bertz CT molecular complexity index is 1500. The van der Waals surface area contributed by atoms with Crippen LogP contribution in [0.1, 0.15) is 10.4 Å². The van der Waals surface area contributed by atoms with Crippen molar-refractivity contribution in [3.8, 4) is 22.8 Å². The second-order valence-corrected chi connectivity index (χ2v) is 10.5. The molecule has 5 rings (SSSR count). The third-order valence-electron chi connectivity index (χ3n) is 5.40. The Morgan fingerprint density at radius 2 is 1.86 bits per heavy atom. The molecule has 7 nitrogen and oxygen atoms in total. The summed E-state index contributed by atoms with van der Waals surface area (Å²) in [5, 5.41) is 13.6. The summed E-state index contributed by atoms with van der Waals surface area (Å²) in [6.07, 6.45) is 2.48. The summed E-state index contributed by atoms with van der Waals surface area (Å²) in [6.45, 7) is 0. The van der Waals surface area contributed by atoms with Gasteiger partial charge in [0.05, 0.1) is 12.9 Å². The van der Waals surface area contributed by atoms with Crippen LogP contribution in [0.4, 0.5) is 5.13 Å². The number of amides is 1. The van der Waals surface area contributed by atoms with Crippen LogP contribution < -0.4 is 10.1 Å². The van der Waals surface area contributed by atoms with E-state index in [9.17, 15) is 4.79 Å². The van der Waals surface area contributed by atoms with E-state index in [0.29, 0.717) is 27.6 Å². The van der Waals surface area contributed by atoms with Crippen molar-refractivity contribution in [2.45, 2.75) is 11.6 Å². The number of rotatable bonds is 9. The smallest absolute Gasteiger partial charge is 0.236 e. The molecule has 1 N–H and O–H groups in total. The Morgan fingerprint density at radius 3 is 2.62 bits per heavy atom. The number of halogens is 1. The Balaban J connectivity index is 1.28. The standard InChI is InChI=1S/C27H22ClN5O2S2/c1-35-22-12-10-19(11-13-22)25-31-32-27(33(25)21-8-3-2-4-9-21)36-17-24(34)30-26-29-16-23(37-26)15-18-6-5-7-20(28)14-18/h2-14,16H,15,17H2,1H3,(H,29,30,34). The predicted octanol–water partition coefficient (Wildman–Crippen LogP) is 6.37. The Labute approximate surface area is 227 Å². The van der Waals surface area contributed by atoms with E-state index in [1.807, 2.05) is 83.4 Å². The van der Waals surface area contributed by atoms with Crippen molar-refractivity contribution in [3.05, 3.63) is 101 Å². The highest BCUT2D eigenvalue weighted by Crippen LogP contribution is 2.29. The fraction of sp³-hybridized carbons (Fsp3) is 0.111. The predicted molar refractivity (Wildman–Crippen MR) is 149 cm³/mol. The third kappa shape index (κ3) is 6.19. The van der Waals surface area contributed by atoms with Crippen LogP contribution in [0.3, 0.4) is 0 Å². The number of benzene rings is 3. The first-order valence-electron chi connectivity index (χ1n) is 11.4. The molecule has 2 aromatic heterocycles. The maximum absolute atomic E-state index is 12.7. The molecule has 2 heterocycles. The number of carbonyl (C=O) groups is 1. The lowest BCUT2D eigenvalue weighted by Crippen LogP contribution is -2.14. The van der Waals surface area contributed by atoms with E-state index in [1.54, 1.807) is 13.3 Å². The van der Waals surface area contributed by atoms with Crippen LogP contribution in [0, 0.1) is 0 Å². The van der Waals surface area contributed by atoms with Crippen LogP contribution in [0.5, 0.6) is 5.75 Å². The van der Waals surface area contributed by atoms with E-state index >= 15 is 0 Å². The molecule has 0 saturated carbocycles. The first kappa shape index (κ1) is 25.0. The summed E-state index contributed by atoms with van der Waals surface area (Å²) in [6, 6.07) is 25.2. The second kappa shape index (κ2) is 11.6. The van der Waals surface area contributed by atoms with Crippen molar-refractivity contribution in [2.75, 3.05) is 18.2 Å². The molecule has 0 spiro atoms. The first-order valence-corrected chi connectivity index (χ1v) is 13.5. The summed E-state index contributed by atoms with van der Waals surface area (Å²) in [5.41, 5.74) is 2.90. The Kier molecular flexibility index (Phi) is 7.84. The maximum atomic E-state index is 12.7. The molecule has 0 unspecified atom stereocenters. The molecule has 10 heteroatoms. The van der Waals surface area contributed by atoms with Crippen molar-refractivity contribution < 1.29 is 9.53 Å². The number of methoxy groups -OCH3 is 1. The summed E-state index contributed by atoms with van der Waals surface area (Å²) < 4.78 is 7.22. The zero-order valence-electron chi connectivity index (χ0n) is 19.8. The molecule has 0 aliphatic heterocycles. The number of aromatic nitrogens is 4. The average molecular weight is 548 g/mol. The lowest BCUT2D eigenvalue weighted by Gasteiger charge is -2.10. The van der Waals surface area contributed by atoms with Crippen LogP contribution >= 0.6 is 34.7 Å². The third-order valence-corrected chi connectivity index (χ3v) is 7.47. The molecule has 0 saturated heterocycles. The monoisotopic (exact) mass is 547 g/mol. The quantitative estimate of drug-likeness (QED) is 0.216. The van der Waals surface area contributed by atoms with Crippen LogP contribution in [0.2, 0.25) is 5.02 Å². The summed E-state index contributed by atoms with van der Waals surface area (Å²) in [5.74, 6) is 1.44. The molecule has 0 aliphatic carbocycles. The molecular weight excluding hydrogens is 526 g/mol. The van der Waals surface area contributed by atoms with Gasteiger partial charge in [-0.1, -0.05) is 53.7 Å². The number of thioether (sulfide) groups is 1. The van der Waals surface area contributed by atoms with Gasteiger partial charge >= 0.3 is 0 Å². The van der Waals surface area contributed by atoms with E-state index in [2.05, 4.69) is 20.5 Å². The Morgan fingerprint density at radius 1 is 1.05 bits per heavy atom. The van der Waals surface area contributed by atoms with Gasteiger partial charge in [0.2, 0.25) is 5.91 Å². The van der Waals surface area contributed by atoms with Gasteiger partial charge in [0.1, 0.15) is 5.75 Å². The van der Waals surface area contributed by atoms with Gasteiger partial charge in [-0.05, 0) is 54.1 Å². The molecule has 0 aliphatic rings. The molecule has 1 amide bonds. The highest BCUT2D eigenvalue weighted by Gasteiger charge is 2.18. The van der Waals surface area contributed by atoms with Gasteiger partial charge < -0.3 is 10.1 Å². The number of hydrogen-bond acceptors (Lipinski definition) is 7. The lowest BCUT2D eigenvalue weighted by molar-refractivity contribution is -0.113. The van der Waals surface area contributed by atoms with Gasteiger partial charge in [0, 0.05) is 33.8 Å². The molecule has 0 bridgehead atoms. The largest absolute Gasteiger partial charge is 0.497 e. The molecule has 0 fully saturated rings. The fourth-order valence-corrected chi connectivity index (χ4v) is 5.51. The minimum Gasteiger partial charge on any atom is -0.497 e. The second-order valence-electron chi connectivity index (χ2n) is 7.98. The molecule has 5 aromatic rings. The van der Waals surface area contributed by atoms with Crippen molar-refractivity contribution >= 4 is 45.7 Å². The van der Waals surface area contributed by atoms with Crippen molar-refractivity contribution in [1.82, 2.24) is 19.7 Å². The molecule has 0 atom stereocenters. The SMILES string of the molecule is COc1ccc(-c2nnc(SCC(=O)Nc3ncc(Cc4cccc(Cl)c4)s3)n2-c2ccccc2)cc1. The van der Waals surface area contributed by atoms with Gasteiger partial charge in [-0.25, -0.2) is 4.98 Å². The number of carbonyl (C=O) groups excluding carboxylic acids is 1. The molecular formula is C27H22ClN5O2S2. The number of para-hydroxylation sites is 1. The number of nitrogens with zero attached hydrogens (tertiary/aromatic N) is 4. The van der Waals surface area contributed by atoms with Crippen LogP contribution in [0.25, 0.3) is 17.1 Å². The zero-order valence-corrected chi connectivity index (χ0v) is 22.2. The van der Waals surface area contributed by atoms with E-state index in [4.69, 9.17) is 16.3 Å². The van der Waals surface area contributed by atoms with E-state index in [0.717, 1.165) is 27.4 Å². The number of hydrogen-bond donors (Lipinski definition) is 1. The normalized spacial score (nSPS) is 10.9. The zero-order chi connectivity index (χ0) is 25.6. The van der Waals surface area contributed by atoms with Crippen molar-refractivity contribution in [2.24, 2.45) is 0 Å². The lowest BCUT2D eigenvalue weighted by atomic mass is 10.1. The van der Waals surface area contributed by atoms with Gasteiger partial charge in [-0.15, -0.1) is 21.5 Å². The van der Waals surface area contributed by atoms with Gasteiger partial charge in [0.15, 0.2) is 16.1 Å².